The number of hydrogen-bond acceptors (Lipinski definition) is 11. The quantitative estimate of drug-likeness (QED) is 0.0503. The van der Waals surface area contributed by atoms with E-state index in [1.807, 2.05) is 97.1 Å². The Morgan fingerprint density at radius 2 is 1.26 bits per heavy atom. The van der Waals surface area contributed by atoms with Crippen LogP contribution in [0.25, 0.3) is 11.1 Å². The summed E-state index contributed by atoms with van der Waals surface area (Å²) in [6, 6.07) is 33.3. The summed E-state index contributed by atoms with van der Waals surface area (Å²) in [5.74, 6) is -1.35. The van der Waals surface area contributed by atoms with E-state index in [1.165, 1.54) is 13.4 Å². The average Bonchev–Trinajstić information content (AvgIpc) is 4.03. The summed E-state index contributed by atoms with van der Waals surface area (Å²) in [5.41, 5.74) is 5.99. The third kappa shape index (κ3) is 9.59. The summed E-state index contributed by atoms with van der Waals surface area (Å²) < 4.78 is 27.2. The van der Waals surface area contributed by atoms with Gasteiger partial charge in [0.1, 0.15) is 37.8 Å². The summed E-state index contributed by atoms with van der Waals surface area (Å²) in [6.07, 6.45) is 1.97. The fraction of sp³-hybridized carbons (Fsp3) is 0.227. The van der Waals surface area contributed by atoms with Crippen LogP contribution >= 0.6 is 0 Å². The number of hydrogen-bond donors (Lipinski definition) is 3. The second-order valence-electron chi connectivity index (χ2n) is 13.5. The van der Waals surface area contributed by atoms with Gasteiger partial charge in [0.2, 0.25) is 11.8 Å². The van der Waals surface area contributed by atoms with Crippen LogP contribution in [0.15, 0.2) is 131 Å². The van der Waals surface area contributed by atoms with Gasteiger partial charge < -0.3 is 39.0 Å². The van der Waals surface area contributed by atoms with E-state index in [-0.39, 0.29) is 55.3 Å². The average molecular weight is 784 g/mol. The zero-order valence-corrected chi connectivity index (χ0v) is 31.6. The number of esters is 1. The lowest BCUT2D eigenvalue weighted by atomic mass is 9.98. The molecule has 14 heteroatoms. The molecule has 4 aromatic carbocycles. The van der Waals surface area contributed by atoms with Crippen LogP contribution in [0, 0.1) is 0 Å². The second-order valence-corrected chi connectivity index (χ2v) is 13.5. The molecule has 2 aromatic heterocycles. The monoisotopic (exact) mass is 783 g/mol. The molecule has 6 aromatic rings. The first-order chi connectivity index (χ1) is 28.4. The van der Waals surface area contributed by atoms with Crippen molar-refractivity contribution >= 4 is 24.1 Å². The highest BCUT2D eigenvalue weighted by Crippen LogP contribution is 2.44. The van der Waals surface area contributed by atoms with Crippen LogP contribution < -0.4 is 16.0 Å². The lowest BCUT2D eigenvalue weighted by molar-refractivity contribution is 0.0593. The minimum absolute atomic E-state index is 0.0444. The molecular weight excluding hydrogens is 743 g/mol. The lowest BCUT2D eigenvalue weighted by Gasteiger charge is -2.18. The van der Waals surface area contributed by atoms with Gasteiger partial charge in [-0.1, -0.05) is 109 Å². The highest BCUT2D eigenvalue weighted by molar-refractivity contribution is 5.92. The lowest BCUT2D eigenvalue weighted by Crippen LogP contribution is -2.32. The van der Waals surface area contributed by atoms with Crippen molar-refractivity contribution in [2.75, 3.05) is 20.3 Å². The van der Waals surface area contributed by atoms with Gasteiger partial charge in [-0.3, -0.25) is 4.79 Å². The Morgan fingerprint density at radius 3 is 1.93 bits per heavy atom. The zero-order valence-electron chi connectivity index (χ0n) is 31.6. The number of ether oxygens (including phenoxy) is 3. The third-order valence-electron chi connectivity index (χ3n) is 9.64. The van der Waals surface area contributed by atoms with Crippen LogP contribution in [0.3, 0.4) is 0 Å². The molecule has 0 bridgehead atoms. The molecule has 0 fully saturated rings. The molecular formula is C44H41N5O9. The number of nitrogens with zero attached hydrogens (tertiary/aromatic N) is 2. The summed E-state index contributed by atoms with van der Waals surface area (Å²) in [4.78, 5) is 60.2. The number of amides is 3. The molecule has 3 N–H and O–H groups in total. The van der Waals surface area contributed by atoms with Crippen molar-refractivity contribution in [1.82, 2.24) is 25.9 Å². The maximum Gasteiger partial charge on any atom is 0.407 e. The molecule has 296 valence electrons. The predicted molar refractivity (Wildman–Crippen MR) is 210 cm³/mol. The van der Waals surface area contributed by atoms with Crippen molar-refractivity contribution in [3.05, 3.63) is 167 Å². The SMILES string of the molecule is COC(=O)c1coc([C@H](CCCNC(=O)OCc2ccccc2)NC(=O)c2coc([C@H](Cc3ccccc3)NC(=O)OCC3c4ccccc4-c4ccccc43)n2)n1. The van der Waals surface area contributed by atoms with Gasteiger partial charge in [0.25, 0.3) is 5.91 Å². The van der Waals surface area contributed by atoms with E-state index in [2.05, 4.69) is 38.1 Å². The molecule has 1 aliphatic rings. The highest BCUT2D eigenvalue weighted by atomic mass is 16.6. The van der Waals surface area contributed by atoms with Gasteiger partial charge in [-0.05, 0) is 46.2 Å². The Morgan fingerprint density at radius 1 is 0.672 bits per heavy atom. The van der Waals surface area contributed by atoms with Crippen molar-refractivity contribution in [3.63, 3.8) is 0 Å². The Labute approximate surface area is 333 Å². The smallest absolute Gasteiger partial charge is 0.407 e. The fourth-order valence-electron chi connectivity index (χ4n) is 6.79. The number of carbonyl (C=O) groups is 4. The molecule has 0 spiro atoms. The molecule has 3 amide bonds. The van der Waals surface area contributed by atoms with Gasteiger partial charge in [0.15, 0.2) is 11.4 Å². The van der Waals surface area contributed by atoms with Crippen molar-refractivity contribution in [2.24, 2.45) is 0 Å². The first kappa shape index (κ1) is 39.0. The largest absolute Gasteiger partial charge is 0.464 e. The molecule has 58 heavy (non-hydrogen) atoms. The summed E-state index contributed by atoms with van der Waals surface area (Å²) in [7, 11) is 1.22. The Bertz CT molecular complexity index is 2300. The minimum Gasteiger partial charge on any atom is -0.464 e. The summed E-state index contributed by atoms with van der Waals surface area (Å²) in [6.45, 7) is 0.438. The molecule has 0 radical (unpaired) electrons. The molecule has 0 saturated heterocycles. The second kappa shape index (κ2) is 18.6. The van der Waals surface area contributed by atoms with E-state index in [9.17, 15) is 19.2 Å². The van der Waals surface area contributed by atoms with Gasteiger partial charge in [-0.25, -0.2) is 24.4 Å². The molecule has 14 nitrogen and oxygen atoms in total. The van der Waals surface area contributed by atoms with Crippen molar-refractivity contribution in [2.45, 2.75) is 43.9 Å². The Balaban J connectivity index is 1.01. The van der Waals surface area contributed by atoms with E-state index >= 15 is 0 Å². The number of methoxy groups -OCH3 is 1. The molecule has 0 saturated carbocycles. The van der Waals surface area contributed by atoms with Crippen molar-refractivity contribution < 1.29 is 42.2 Å². The first-order valence-corrected chi connectivity index (χ1v) is 18.8. The predicted octanol–water partition coefficient (Wildman–Crippen LogP) is 7.45. The number of nitrogens with one attached hydrogen (secondary N) is 3. The van der Waals surface area contributed by atoms with E-state index < -0.39 is 36.1 Å². The van der Waals surface area contributed by atoms with E-state index in [0.29, 0.717) is 12.8 Å². The van der Waals surface area contributed by atoms with Gasteiger partial charge in [-0.2, -0.15) is 0 Å². The molecule has 7 rings (SSSR count). The summed E-state index contributed by atoms with van der Waals surface area (Å²) in [5, 5.41) is 8.42. The molecule has 0 unspecified atom stereocenters. The normalized spacial score (nSPS) is 12.7. The van der Waals surface area contributed by atoms with Crippen LogP contribution in [0.1, 0.15) is 85.9 Å². The van der Waals surface area contributed by atoms with Gasteiger partial charge in [0.05, 0.1) is 7.11 Å². The van der Waals surface area contributed by atoms with Gasteiger partial charge >= 0.3 is 18.2 Å². The number of carbonyl (C=O) groups excluding carboxylic acids is 4. The van der Waals surface area contributed by atoms with E-state index in [4.69, 9.17) is 23.0 Å². The maximum atomic E-state index is 13.7. The minimum atomic E-state index is -0.840. The first-order valence-electron chi connectivity index (χ1n) is 18.8. The van der Waals surface area contributed by atoms with Crippen LogP contribution in [0.2, 0.25) is 0 Å². The number of fused-ring (bicyclic) bond motifs is 3. The van der Waals surface area contributed by atoms with Crippen LogP contribution in [-0.2, 0) is 27.2 Å². The van der Waals surface area contributed by atoms with Crippen LogP contribution in [0.5, 0.6) is 0 Å². The standard InChI is InChI=1S/C44H41N5O9/c1-54-42(51)38-27-56-40(48-38)35(21-12-22-45-43(52)57-24-29-15-6-3-7-16-29)46-39(50)37-26-55-41(47-37)36(23-28-13-4-2-5-14-28)49-44(53)58-25-34-32-19-10-8-17-30(32)31-18-9-11-20-33(31)34/h2-11,13-20,26-27,34-36H,12,21-25H2,1H3,(H,45,52)(H,46,50)(H,49,53)/t35-,36-/m0/s1. The third-order valence-corrected chi connectivity index (χ3v) is 9.64. The highest BCUT2D eigenvalue weighted by Gasteiger charge is 2.31. The number of aromatic nitrogens is 2. The van der Waals surface area contributed by atoms with E-state index in [1.54, 1.807) is 0 Å². The van der Waals surface area contributed by atoms with Gasteiger partial charge in [0, 0.05) is 18.9 Å². The van der Waals surface area contributed by atoms with Gasteiger partial charge in [-0.15, -0.1) is 0 Å². The molecule has 2 heterocycles. The van der Waals surface area contributed by atoms with E-state index in [0.717, 1.165) is 39.6 Å². The molecule has 2 atom stereocenters. The zero-order chi connectivity index (χ0) is 40.3. The maximum absolute atomic E-state index is 13.7. The number of rotatable bonds is 16. The number of alkyl carbamates (subject to hydrolysis) is 2. The van der Waals surface area contributed by atoms with Crippen molar-refractivity contribution in [3.8, 4) is 11.1 Å². The number of oxazole rings is 2. The number of benzene rings is 4. The molecule has 0 aliphatic heterocycles. The Kier molecular flexibility index (Phi) is 12.5. The Hall–Kier alpha value is -7.22. The topological polar surface area (TPSA) is 184 Å². The van der Waals surface area contributed by atoms with Crippen molar-refractivity contribution in [1.29, 1.82) is 0 Å². The van der Waals surface area contributed by atoms with Crippen LogP contribution in [0.4, 0.5) is 9.59 Å². The fourth-order valence-corrected chi connectivity index (χ4v) is 6.79. The van der Waals surface area contributed by atoms with Crippen LogP contribution in [-0.4, -0.2) is 54.3 Å². The molecule has 1 aliphatic carbocycles. The summed E-state index contributed by atoms with van der Waals surface area (Å²) >= 11 is 0.